The topological polar surface area (TPSA) is 98.9 Å². The van der Waals surface area contributed by atoms with Crippen LogP contribution in [0.5, 0.6) is 0 Å². The van der Waals surface area contributed by atoms with Crippen LogP contribution >= 0.6 is 0 Å². The SMILES string of the molecule is O=C(Nc1cccc(C(F)(F)F)c1)c1cc([N+](=O)[O-])ccc1N1CCN(CCO)CC1. The molecule has 0 aliphatic carbocycles. The molecule has 0 spiro atoms. The lowest BCUT2D eigenvalue weighted by Gasteiger charge is -2.36. The molecule has 1 heterocycles. The number of nitrogens with zero attached hydrogens (tertiary/aromatic N) is 3. The van der Waals surface area contributed by atoms with Crippen LogP contribution < -0.4 is 10.2 Å². The van der Waals surface area contributed by atoms with Crippen LogP contribution in [0.2, 0.25) is 0 Å². The number of piperazine rings is 1. The van der Waals surface area contributed by atoms with E-state index in [1.807, 2.05) is 9.80 Å². The van der Waals surface area contributed by atoms with Crippen LogP contribution in [0.1, 0.15) is 15.9 Å². The maximum absolute atomic E-state index is 12.9. The van der Waals surface area contributed by atoms with E-state index in [1.165, 1.54) is 24.3 Å². The van der Waals surface area contributed by atoms with Gasteiger partial charge in [0.05, 0.1) is 28.3 Å². The van der Waals surface area contributed by atoms with Gasteiger partial charge in [0.25, 0.3) is 11.6 Å². The number of non-ortho nitro benzene ring substituents is 1. The summed E-state index contributed by atoms with van der Waals surface area (Å²) in [7, 11) is 0. The van der Waals surface area contributed by atoms with E-state index in [1.54, 1.807) is 0 Å². The number of carbonyl (C=O) groups excluding carboxylic acids is 1. The summed E-state index contributed by atoms with van der Waals surface area (Å²) in [5, 5.41) is 22.7. The molecular formula is C20H21F3N4O4. The maximum Gasteiger partial charge on any atom is 0.416 e. The van der Waals surface area contributed by atoms with Crippen molar-refractivity contribution in [3.8, 4) is 0 Å². The molecule has 0 radical (unpaired) electrons. The summed E-state index contributed by atoms with van der Waals surface area (Å²) in [6, 6.07) is 8.07. The number of benzene rings is 2. The molecule has 1 aliphatic rings. The number of halogens is 3. The van der Waals surface area contributed by atoms with Gasteiger partial charge in [-0.15, -0.1) is 0 Å². The number of anilines is 2. The molecule has 1 amide bonds. The van der Waals surface area contributed by atoms with E-state index < -0.39 is 22.6 Å². The van der Waals surface area contributed by atoms with Crippen molar-refractivity contribution >= 4 is 23.0 Å². The van der Waals surface area contributed by atoms with Crippen molar-refractivity contribution in [2.24, 2.45) is 0 Å². The van der Waals surface area contributed by atoms with E-state index >= 15 is 0 Å². The first kappa shape index (κ1) is 22.5. The maximum atomic E-state index is 12.9. The molecule has 1 aliphatic heterocycles. The molecule has 0 atom stereocenters. The molecule has 0 aromatic heterocycles. The van der Waals surface area contributed by atoms with Gasteiger partial charge in [-0.1, -0.05) is 6.07 Å². The molecule has 1 saturated heterocycles. The van der Waals surface area contributed by atoms with Gasteiger partial charge in [0.15, 0.2) is 0 Å². The van der Waals surface area contributed by atoms with Crippen LogP contribution in [0.4, 0.5) is 30.2 Å². The monoisotopic (exact) mass is 438 g/mol. The van der Waals surface area contributed by atoms with Crippen molar-refractivity contribution in [3.63, 3.8) is 0 Å². The van der Waals surface area contributed by atoms with Crippen LogP contribution in [0, 0.1) is 10.1 Å². The Kier molecular flexibility index (Phi) is 6.76. The first-order chi connectivity index (χ1) is 14.7. The van der Waals surface area contributed by atoms with Gasteiger partial charge in [0.1, 0.15) is 0 Å². The number of alkyl halides is 3. The second-order valence-corrected chi connectivity index (χ2v) is 7.04. The summed E-state index contributed by atoms with van der Waals surface area (Å²) in [5.41, 5.74) is -0.813. The average molecular weight is 438 g/mol. The molecule has 3 rings (SSSR count). The number of β-amino-alcohol motifs (C(OH)–C–C–N with tert-alkyl or cyclic N) is 1. The molecule has 8 nitrogen and oxygen atoms in total. The van der Waals surface area contributed by atoms with Crippen molar-refractivity contribution in [1.29, 1.82) is 0 Å². The van der Waals surface area contributed by atoms with Gasteiger partial charge in [-0.3, -0.25) is 19.8 Å². The summed E-state index contributed by atoms with van der Waals surface area (Å²) < 4.78 is 38.8. The Morgan fingerprint density at radius 3 is 2.45 bits per heavy atom. The Labute approximate surface area is 176 Å². The number of aliphatic hydroxyl groups is 1. The summed E-state index contributed by atoms with van der Waals surface area (Å²) in [4.78, 5) is 27.4. The highest BCUT2D eigenvalue weighted by Gasteiger charge is 2.31. The average Bonchev–Trinajstić information content (AvgIpc) is 2.73. The van der Waals surface area contributed by atoms with E-state index in [2.05, 4.69) is 5.32 Å². The van der Waals surface area contributed by atoms with E-state index in [-0.39, 0.29) is 23.5 Å². The number of rotatable bonds is 6. The number of carbonyl (C=O) groups is 1. The van der Waals surface area contributed by atoms with Crippen LogP contribution in [-0.4, -0.2) is 60.2 Å². The predicted molar refractivity (Wildman–Crippen MR) is 108 cm³/mol. The summed E-state index contributed by atoms with van der Waals surface area (Å²) in [6.45, 7) is 2.88. The van der Waals surface area contributed by atoms with Gasteiger partial charge in [-0.2, -0.15) is 13.2 Å². The van der Waals surface area contributed by atoms with Crippen LogP contribution in [0.25, 0.3) is 0 Å². The molecule has 0 unspecified atom stereocenters. The summed E-state index contributed by atoms with van der Waals surface area (Å²) in [6.07, 6.45) is -4.56. The Balaban J connectivity index is 1.87. The van der Waals surface area contributed by atoms with E-state index in [0.717, 1.165) is 18.2 Å². The number of hydrogen-bond acceptors (Lipinski definition) is 6. The van der Waals surface area contributed by atoms with Gasteiger partial charge in [-0.25, -0.2) is 0 Å². The minimum absolute atomic E-state index is 0.00206. The third-order valence-electron chi connectivity index (χ3n) is 5.01. The lowest BCUT2D eigenvalue weighted by atomic mass is 10.1. The summed E-state index contributed by atoms with van der Waals surface area (Å²) in [5.74, 6) is -0.740. The molecule has 31 heavy (non-hydrogen) atoms. The fourth-order valence-electron chi connectivity index (χ4n) is 3.42. The highest BCUT2D eigenvalue weighted by atomic mass is 19.4. The van der Waals surface area contributed by atoms with E-state index in [9.17, 15) is 28.1 Å². The Hall–Kier alpha value is -3.18. The van der Waals surface area contributed by atoms with Gasteiger partial charge in [0, 0.05) is 50.5 Å². The number of nitro benzene ring substituents is 1. The number of aliphatic hydroxyl groups excluding tert-OH is 1. The number of amides is 1. The Bertz CT molecular complexity index is 960. The van der Waals surface area contributed by atoms with Crippen molar-refractivity contribution in [2.45, 2.75) is 6.18 Å². The number of hydrogen-bond donors (Lipinski definition) is 2. The lowest BCUT2D eigenvalue weighted by Crippen LogP contribution is -2.47. The normalized spacial score (nSPS) is 15.0. The predicted octanol–water partition coefficient (Wildman–Crippen LogP) is 2.98. The van der Waals surface area contributed by atoms with Gasteiger partial charge in [0.2, 0.25) is 0 Å². The van der Waals surface area contributed by atoms with Crippen molar-refractivity contribution in [2.75, 3.05) is 49.5 Å². The first-order valence-electron chi connectivity index (χ1n) is 9.54. The molecule has 2 N–H and O–H groups in total. The van der Waals surface area contributed by atoms with Crippen LogP contribution in [-0.2, 0) is 6.18 Å². The minimum atomic E-state index is -4.56. The second-order valence-electron chi connectivity index (χ2n) is 7.04. The first-order valence-corrected chi connectivity index (χ1v) is 9.54. The lowest BCUT2D eigenvalue weighted by molar-refractivity contribution is -0.384. The standard InChI is InChI=1S/C20H21F3N4O4/c21-20(22,23)14-2-1-3-15(12-14)24-19(29)17-13-16(27(30)31)4-5-18(17)26-8-6-25(7-9-26)10-11-28/h1-5,12-13,28H,6-11H2,(H,24,29). The number of nitro groups is 1. The highest BCUT2D eigenvalue weighted by molar-refractivity contribution is 6.08. The zero-order valence-corrected chi connectivity index (χ0v) is 16.4. The Morgan fingerprint density at radius 2 is 1.84 bits per heavy atom. The smallest absolute Gasteiger partial charge is 0.395 e. The Morgan fingerprint density at radius 1 is 1.13 bits per heavy atom. The van der Waals surface area contributed by atoms with Gasteiger partial charge < -0.3 is 15.3 Å². The molecule has 0 saturated carbocycles. The summed E-state index contributed by atoms with van der Waals surface area (Å²) >= 11 is 0. The second kappa shape index (κ2) is 9.31. The van der Waals surface area contributed by atoms with Gasteiger partial charge in [-0.05, 0) is 24.3 Å². The van der Waals surface area contributed by atoms with E-state index in [4.69, 9.17) is 5.11 Å². The van der Waals surface area contributed by atoms with Crippen molar-refractivity contribution in [3.05, 3.63) is 63.7 Å². The van der Waals surface area contributed by atoms with Crippen LogP contribution in [0.15, 0.2) is 42.5 Å². The number of nitrogens with one attached hydrogen (secondary N) is 1. The molecule has 2 aromatic carbocycles. The highest BCUT2D eigenvalue weighted by Crippen LogP contribution is 2.32. The fraction of sp³-hybridized carbons (Fsp3) is 0.350. The zero-order chi connectivity index (χ0) is 22.6. The van der Waals surface area contributed by atoms with Crippen molar-refractivity contribution in [1.82, 2.24) is 4.90 Å². The fourth-order valence-corrected chi connectivity index (χ4v) is 3.42. The largest absolute Gasteiger partial charge is 0.416 e. The molecule has 1 fully saturated rings. The molecule has 2 aromatic rings. The third-order valence-corrected chi connectivity index (χ3v) is 5.01. The zero-order valence-electron chi connectivity index (χ0n) is 16.4. The molecular weight excluding hydrogens is 417 g/mol. The molecule has 0 bridgehead atoms. The third kappa shape index (κ3) is 5.50. The van der Waals surface area contributed by atoms with Gasteiger partial charge >= 0.3 is 6.18 Å². The minimum Gasteiger partial charge on any atom is -0.395 e. The quantitative estimate of drug-likeness (QED) is 0.532. The van der Waals surface area contributed by atoms with E-state index in [0.29, 0.717) is 38.4 Å². The van der Waals surface area contributed by atoms with Crippen molar-refractivity contribution < 1.29 is 28.0 Å². The molecule has 11 heteroatoms. The molecule has 166 valence electrons. The van der Waals surface area contributed by atoms with Crippen LogP contribution in [0.3, 0.4) is 0 Å².